The predicted molar refractivity (Wildman–Crippen MR) is 178 cm³/mol. The number of anilines is 2. The van der Waals surface area contributed by atoms with Gasteiger partial charge in [-0.1, -0.05) is 48.2 Å². The second-order valence-electron chi connectivity index (χ2n) is 11.3. The number of nitrogens with two attached hydrogens (primary N) is 1. The smallest absolute Gasteiger partial charge is 0.338 e. The number of rotatable bonds is 8. The first kappa shape index (κ1) is 31.1. The Morgan fingerprint density at radius 3 is 2.41 bits per heavy atom. The van der Waals surface area contributed by atoms with Gasteiger partial charge < -0.3 is 14.9 Å². The molecule has 1 aliphatic carbocycles. The minimum absolute atomic E-state index is 0.00695. The number of esters is 1. The van der Waals surface area contributed by atoms with Gasteiger partial charge in [0.05, 0.1) is 33.9 Å². The molecular formula is C37H23N5O6S. The lowest BCUT2D eigenvalue weighted by atomic mass is 10.0. The van der Waals surface area contributed by atoms with Crippen LogP contribution < -0.4 is 10.6 Å². The minimum Gasteiger partial charge on any atom is -0.464 e. The number of imide groups is 1. The number of ether oxygens (including phenoxy) is 1. The molecule has 11 nitrogen and oxygen atoms in total. The van der Waals surface area contributed by atoms with Gasteiger partial charge in [-0.3, -0.25) is 14.4 Å². The largest absolute Gasteiger partial charge is 0.464 e. The van der Waals surface area contributed by atoms with Crippen molar-refractivity contribution in [1.29, 1.82) is 10.5 Å². The van der Waals surface area contributed by atoms with Crippen molar-refractivity contribution in [2.24, 2.45) is 0 Å². The van der Waals surface area contributed by atoms with Crippen LogP contribution >= 0.6 is 11.8 Å². The molecule has 2 N–H and O–H groups in total. The minimum atomic E-state index is -0.937. The first-order valence-corrected chi connectivity index (χ1v) is 15.9. The number of fused-ring (bicyclic) bond motifs is 3. The summed E-state index contributed by atoms with van der Waals surface area (Å²) in [6.45, 7) is -0.450. The van der Waals surface area contributed by atoms with Crippen molar-refractivity contribution in [3.63, 3.8) is 0 Å². The number of nitriles is 2. The number of carbonyl (C=O) groups is 4. The lowest BCUT2D eigenvalue weighted by Crippen LogP contribution is -2.31. The summed E-state index contributed by atoms with van der Waals surface area (Å²) in [5.74, 6) is -2.03. The third kappa shape index (κ3) is 5.60. The third-order valence-corrected chi connectivity index (χ3v) is 9.53. The number of ketones is 1. The van der Waals surface area contributed by atoms with Crippen molar-refractivity contribution in [2.75, 3.05) is 17.2 Å². The fraction of sp³-hybridized carbons (Fsp3) is 0.108. The molecule has 0 radical (unpaired) electrons. The monoisotopic (exact) mass is 665 g/mol. The zero-order valence-corrected chi connectivity index (χ0v) is 26.3. The van der Waals surface area contributed by atoms with Gasteiger partial charge in [-0.2, -0.15) is 10.5 Å². The molecule has 3 heterocycles. The van der Waals surface area contributed by atoms with Gasteiger partial charge in [0.2, 0.25) is 11.8 Å². The number of pyridine rings is 1. The van der Waals surface area contributed by atoms with Crippen LogP contribution in [0.15, 0.2) is 94.6 Å². The van der Waals surface area contributed by atoms with Crippen molar-refractivity contribution in [2.45, 2.75) is 23.1 Å². The summed E-state index contributed by atoms with van der Waals surface area (Å²) in [6, 6.07) is 26.4. The average Bonchev–Trinajstić information content (AvgIpc) is 3.84. The van der Waals surface area contributed by atoms with Crippen LogP contribution in [0.1, 0.15) is 49.4 Å². The number of furan rings is 1. The van der Waals surface area contributed by atoms with Gasteiger partial charge in [0.15, 0.2) is 12.4 Å². The van der Waals surface area contributed by atoms with E-state index in [2.05, 4.69) is 17.1 Å². The number of thioether (sulfide) groups is 1. The Balaban J connectivity index is 1.02. The maximum atomic E-state index is 13.5. The number of hydrogen-bond acceptors (Lipinski definition) is 11. The molecule has 0 spiro atoms. The Morgan fingerprint density at radius 2 is 1.67 bits per heavy atom. The molecular weight excluding hydrogens is 643 g/mol. The van der Waals surface area contributed by atoms with Gasteiger partial charge in [-0.05, 0) is 71.1 Å². The molecule has 1 unspecified atom stereocenters. The molecule has 3 aromatic carbocycles. The van der Waals surface area contributed by atoms with Crippen molar-refractivity contribution >= 4 is 46.8 Å². The van der Waals surface area contributed by atoms with Gasteiger partial charge in [-0.25, -0.2) is 14.7 Å². The highest BCUT2D eigenvalue weighted by molar-refractivity contribution is 8.00. The molecule has 238 valence electrons. The maximum absolute atomic E-state index is 13.5. The Labute approximate surface area is 283 Å². The standard InChI is InChI=1S/C37H23N5O6S/c38-17-27-33(30-6-3-13-47-30)28(18-39)35(41-34(27)40)49-31-16-32(44)42(36(31)45)24-10-7-20(8-11-24)37(46)48-19-29(43)22-9-12-26-23(15-22)14-21-4-1-2-5-25(21)26/h1-13,15,31H,14,16,19H2,(H2,40,41). The van der Waals surface area contributed by atoms with Crippen LogP contribution in [0.4, 0.5) is 11.5 Å². The first-order valence-electron chi connectivity index (χ1n) is 15.0. The van der Waals surface area contributed by atoms with Gasteiger partial charge >= 0.3 is 5.97 Å². The van der Waals surface area contributed by atoms with E-state index in [1.54, 1.807) is 18.2 Å². The maximum Gasteiger partial charge on any atom is 0.338 e. The van der Waals surface area contributed by atoms with Crippen molar-refractivity contribution in [3.05, 3.63) is 119 Å². The van der Waals surface area contributed by atoms with Gasteiger partial charge in [0, 0.05) is 12.0 Å². The molecule has 1 fully saturated rings. The van der Waals surface area contributed by atoms with E-state index in [-0.39, 0.29) is 56.7 Å². The molecule has 1 atom stereocenters. The number of nitrogens with zero attached hydrogens (tertiary/aromatic N) is 4. The number of aromatic nitrogens is 1. The fourth-order valence-corrected chi connectivity index (χ4v) is 7.13. The van der Waals surface area contributed by atoms with Crippen LogP contribution in [0, 0.1) is 22.7 Å². The van der Waals surface area contributed by atoms with E-state index in [4.69, 9.17) is 14.9 Å². The summed E-state index contributed by atoms with van der Waals surface area (Å²) in [7, 11) is 0. The van der Waals surface area contributed by atoms with Crippen LogP contribution in [0.3, 0.4) is 0 Å². The molecule has 7 rings (SSSR count). The Bertz CT molecular complexity index is 2290. The second kappa shape index (κ2) is 12.6. The van der Waals surface area contributed by atoms with Crippen LogP contribution in [-0.2, 0) is 20.7 Å². The highest BCUT2D eigenvalue weighted by Gasteiger charge is 2.41. The molecule has 49 heavy (non-hydrogen) atoms. The van der Waals surface area contributed by atoms with Gasteiger partial charge in [-0.15, -0.1) is 0 Å². The summed E-state index contributed by atoms with van der Waals surface area (Å²) in [5, 5.41) is 18.8. The van der Waals surface area contributed by atoms with Crippen molar-refractivity contribution in [1.82, 2.24) is 4.98 Å². The predicted octanol–water partition coefficient (Wildman–Crippen LogP) is 5.70. The quantitative estimate of drug-likeness (QED) is 0.120. The third-order valence-electron chi connectivity index (χ3n) is 8.35. The fourth-order valence-electron chi connectivity index (χ4n) is 6.02. The van der Waals surface area contributed by atoms with E-state index in [0.29, 0.717) is 5.56 Å². The van der Waals surface area contributed by atoms with Crippen molar-refractivity contribution in [3.8, 4) is 34.6 Å². The molecule has 5 aromatic rings. The van der Waals surface area contributed by atoms with E-state index in [9.17, 15) is 29.7 Å². The number of nitrogen functional groups attached to an aromatic ring is 1. The topological polar surface area (TPSA) is 180 Å². The molecule has 2 aromatic heterocycles. The summed E-state index contributed by atoms with van der Waals surface area (Å²) < 4.78 is 10.7. The molecule has 2 amide bonds. The number of carbonyl (C=O) groups excluding carboxylic acids is 4. The Kier molecular flexibility index (Phi) is 8.00. The summed E-state index contributed by atoms with van der Waals surface area (Å²) in [6.07, 6.45) is 1.93. The Hall–Kier alpha value is -6.50. The second-order valence-corrected chi connectivity index (χ2v) is 12.4. The van der Waals surface area contributed by atoms with Crippen LogP contribution in [-0.4, -0.2) is 40.4 Å². The first-order chi connectivity index (χ1) is 23.8. The zero-order valence-electron chi connectivity index (χ0n) is 25.5. The highest BCUT2D eigenvalue weighted by atomic mass is 32.2. The Morgan fingerprint density at radius 1 is 0.939 bits per heavy atom. The highest BCUT2D eigenvalue weighted by Crippen LogP contribution is 2.40. The van der Waals surface area contributed by atoms with E-state index in [1.807, 2.05) is 36.4 Å². The lowest BCUT2D eigenvalue weighted by molar-refractivity contribution is -0.121. The number of benzene rings is 3. The molecule has 1 saturated heterocycles. The molecule has 2 aliphatic rings. The summed E-state index contributed by atoms with van der Waals surface area (Å²) in [5.41, 5.74) is 11.4. The molecule has 0 saturated carbocycles. The van der Waals surface area contributed by atoms with E-state index in [0.717, 1.165) is 39.8 Å². The van der Waals surface area contributed by atoms with Gasteiger partial charge in [0.25, 0.3) is 0 Å². The summed E-state index contributed by atoms with van der Waals surface area (Å²) >= 11 is 0.893. The van der Waals surface area contributed by atoms with Crippen LogP contribution in [0.5, 0.6) is 0 Å². The van der Waals surface area contributed by atoms with Gasteiger partial charge in [0.1, 0.15) is 34.3 Å². The van der Waals surface area contributed by atoms with E-state index in [1.165, 1.54) is 36.1 Å². The van der Waals surface area contributed by atoms with Crippen LogP contribution in [0.25, 0.3) is 22.5 Å². The molecule has 1 aliphatic heterocycles. The van der Waals surface area contributed by atoms with E-state index >= 15 is 0 Å². The zero-order chi connectivity index (χ0) is 34.2. The molecule has 0 bridgehead atoms. The average molecular weight is 666 g/mol. The molecule has 12 heteroatoms. The van der Waals surface area contributed by atoms with Crippen molar-refractivity contribution < 1.29 is 28.3 Å². The summed E-state index contributed by atoms with van der Waals surface area (Å²) in [4.78, 5) is 57.3. The van der Waals surface area contributed by atoms with Crippen LogP contribution in [0.2, 0.25) is 0 Å². The number of Topliss-reactive ketones (excluding diaryl/α,β-unsaturated/α-hetero) is 1. The number of amides is 2. The SMILES string of the molecule is N#Cc1c(N)nc(SC2CC(=O)N(c3ccc(C(=O)OCC(=O)c4ccc5c(c4)Cc4ccccc4-5)cc3)C2=O)c(C#N)c1-c1ccco1. The normalized spacial score (nSPS) is 14.6. The number of hydrogen-bond donors (Lipinski definition) is 1. The van der Waals surface area contributed by atoms with E-state index < -0.39 is 29.6 Å². The lowest BCUT2D eigenvalue weighted by Gasteiger charge is -2.16.